The van der Waals surface area contributed by atoms with Crippen LogP contribution in [0.4, 0.5) is 26.3 Å². The number of H-pyrrole nitrogens is 2. The van der Waals surface area contributed by atoms with Crippen LogP contribution in [0.1, 0.15) is 11.6 Å². The number of benzene rings is 4. The third-order valence-corrected chi connectivity index (χ3v) is 8.30. The minimum Gasteiger partial charge on any atom is -0.423 e. The van der Waals surface area contributed by atoms with Crippen LogP contribution >= 0.6 is 69.0 Å². The molecule has 0 aliphatic rings. The van der Waals surface area contributed by atoms with Gasteiger partial charge in [0.25, 0.3) is 0 Å². The number of rotatable bonds is 2. The number of fused-ring (bicyclic) bond motifs is 2. The molecule has 0 spiro atoms. The summed E-state index contributed by atoms with van der Waals surface area (Å²) in [6.45, 7) is 0. The summed E-state index contributed by atoms with van der Waals surface area (Å²) in [6, 6.07) is 19.1. The number of hydrogen-bond donors (Lipinski definition) is 4. The summed E-state index contributed by atoms with van der Waals surface area (Å²) >= 11 is 25.2. The molecule has 0 amide bonds. The Kier molecular flexibility index (Phi) is 11.5. The largest absolute Gasteiger partial charge is 0.488 e. The second-order valence-electron chi connectivity index (χ2n) is 9.23. The molecule has 2 heterocycles. The zero-order chi connectivity index (χ0) is 34.0. The van der Waals surface area contributed by atoms with Crippen LogP contribution in [0.3, 0.4) is 0 Å². The molecule has 0 unspecified atom stereocenters. The number of hydrogen-bond acceptors (Lipinski definition) is 4. The molecule has 240 valence electrons. The highest BCUT2D eigenvalue weighted by molar-refractivity contribution is 14.1. The van der Waals surface area contributed by atoms with Crippen LogP contribution in [0.25, 0.3) is 33.2 Å². The van der Waals surface area contributed by atoms with Crippen molar-refractivity contribution >= 4 is 104 Å². The first kappa shape index (κ1) is 36.1. The van der Waals surface area contributed by atoms with Gasteiger partial charge in [0, 0.05) is 19.2 Å². The summed E-state index contributed by atoms with van der Waals surface area (Å²) in [7, 11) is -1.41. The topological polar surface area (TPSA) is 97.8 Å². The Labute approximate surface area is 290 Å². The fourth-order valence-electron chi connectivity index (χ4n) is 3.79. The lowest BCUT2D eigenvalue weighted by atomic mass is 9.81. The van der Waals surface area contributed by atoms with Crippen LogP contribution in [0.15, 0.2) is 72.8 Å². The fraction of sp³-hybridized carbons (Fsp3) is 0.0714. The number of aromatic amines is 2. The quantitative estimate of drug-likeness (QED) is 0.0795. The van der Waals surface area contributed by atoms with Crippen molar-refractivity contribution in [2.45, 2.75) is 12.4 Å². The lowest BCUT2D eigenvalue weighted by Gasteiger charge is -2.04. The molecule has 0 saturated carbocycles. The molecule has 6 rings (SSSR count). The number of nitrogens with one attached hydrogen (secondary N) is 2. The summed E-state index contributed by atoms with van der Waals surface area (Å²) < 4.78 is 75.5. The molecular formula is C28H16BCl4F6IN4O2. The SMILES string of the molecule is FC(F)(F)c1nc2cc(-c3ccc(Cl)cc3)c(Cl)cc2[nH]1.FC(F)(F)c1nc2cc(I)c(Cl)cc2[nH]1.OB(O)c1ccc(Cl)cc1. The molecule has 0 fully saturated rings. The van der Waals surface area contributed by atoms with Crippen molar-refractivity contribution in [1.29, 1.82) is 0 Å². The normalized spacial score (nSPS) is 11.6. The summed E-state index contributed by atoms with van der Waals surface area (Å²) in [5, 5.41) is 19.1. The minimum atomic E-state index is -4.52. The predicted octanol–water partition coefficient (Wildman–Crippen LogP) is 9.41. The Morgan fingerprint density at radius 2 is 1.07 bits per heavy atom. The molecule has 0 radical (unpaired) electrons. The second-order valence-corrected chi connectivity index (χ2v) is 12.1. The van der Waals surface area contributed by atoms with E-state index in [1.54, 1.807) is 48.5 Å². The predicted molar refractivity (Wildman–Crippen MR) is 177 cm³/mol. The highest BCUT2D eigenvalue weighted by Crippen LogP contribution is 2.35. The average molecular weight is 834 g/mol. The van der Waals surface area contributed by atoms with E-state index >= 15 is 0 Å². The van der Waals surface area contributed by atoms with Crippen LogP contribution < -0.4 is 5.46 Å². The van der Waals surface area contributed by atoms with Crippen molar-refractivity contribution in [3.8, 4) is 11.1 Å². The molecule has 0 bridgehead atoms. The van der Waals surface area contributed by atoms with E-state index in [1.807, 2.05) is 22.6 Å². The van der Waals surface area contributed by atoms with E-state index in [0.717, 1.165) is 5.56 Å². The van der Waals surface area contributed by atoms with Crippen molar-refractivity contribution in [3.05, 3.63) is 108 Å². The van der Waals surface area contributed by atoms with Gasteiger partial charge < -0.3 is 20.0 Å². The van der Waals surface area contributed by atoms with E-state index < -0.39 is 31.1 Å². The summed E-state index contributed by atoms with van der Waals surface area (Å²) in [4.78, 5) is 11.4. The van der Waals surface area contributed by atoms with Gasteiger partial charge in [0.1, 0.15) is 0 Å². The number of aromatic nitrogens is 4. The van der Waals surface area contributed by atoms with E-state index in [2.05, 4.69) is 19.9 Å². The molecular weight excluding hydrogens is 818 g/mol. The lowest BCUT2D eigenvalue weighted by molar-refractivity contribution is -0.144. The van der Waals surface area contributed by atoms with Crippen molar-refractivity contribution in [1.82, 2.24) is 19.9 Å². The molecule has 0 saturated heterocycles. The maximum Gasteiger partial charge on any atom is 0.488 e. The smallest absolute Gasteiger partial charge is 0.423 e. The highest BCUT2D eigenvalue weighted by Gasteiger charge is 2.35. The zero-order valence-electron chi connectivity index (χ0n) is 22.5. The van der Waals surface area contributed by atoms with Gasteiger partial charge in [-0.15, -0.1) is 0 Å². The van der Waals surface area contributed by atoms with Gasteiger partial charge in [0.05, 0.1) is 32.1 Å². The molecule has 2 aromatic heterocycles. The first-order valence-corrected chi connectivity index (χ1v) is 15.1. The molecule has 6 nitrogen and oxygen atoms in total. The first-order valence-electron chi connectivity index (χ1n) is 12.5. The summed E-state index contributed by atoms with van der Waals surface area (Å²) in [5.41, 5.74) is 2.79. The first-order chi connectivity index (χ1) is 21.4. The maximum atomic E-state index is 12.7. The summed E-state index contributed by atoms with van der Waals surface area (Å²) in [5.74, 6) is -2.04. The van der Waals surface area contributed by atoms with E-state index in [9.17, 15) is 26.3 Å². The Morgan fingerprint density at radius 1 is 0.630 bits per heavy atom. The van der Waals surface area contributed by atoms with Gasteiger partial charge in [-0.05, 0) is 82.1 Å². The molecule has 4 aromatic carbocycles. The Balaban J connectivity index is 0.000000168. The Morgan fingerprint density at radius 3 is 1.52 bits per heavy atom. The second kappa shape index (κ2) is 14.6. The number of halogens is 11. The Bertz CT molecular complexity index is 1930. The zero-order valence-corrected chi connectivity index (χ0v) is 27.6. The van der Waals surface area contributed by atoms with Gasteiger partial charge in [-0.3, -0.25) is 0 Å². The molecule has 4 N–H and O–H groups in total. The van der Waals surface area contributed by atoms with Gasteiger partial charge in [-0.2, -0.15) is 26.3 Å². The van der Waals surface area contributed by atoms with Crippen LogP contribution in [0.5, 0.6) is 0 Å². The van der Waals surface area contributed by atoms with Crippen LogP contribution in [-0.4, -0.2) is 37.1 Å². The number of alkyl halides is 6. The van der Waals surface area contributed by atoms with Crippen molar-refractivity contribution in [3.63, 3.8) is 0 Å². The van der Waals surface area contributed by atoms with Crippen molar-refractivity contribution < 1.29 is 36.4 Å². The Hall–Kier alpha value is -2.73. The monoisotopic (exact) mass is 832 g/mol. The van der Waals surface area contributed by atoms with Crippen molar-refractivity contribution in [2.75, 3.05) is 0 Å². The third kappa shape index (κ3) is 9.21. The van der Waals surface area contributed by atoms with E-state index in [1.165, 1.54) is 24.3 Å². The van der Waals surface area contributed by atoms with E-state index in [0.29, 0.717) is 34.7 Å². The minimum absolute atomic E-state index is 0.205. The molecule has 46 heavy (non-hydrogen) atoms. The number of imidazole rings is 2. The molecule has 0 atom stereocenters. The van der Waals surface area contributed by atoms with Gasteiger partial charge in [0.2, 0.25) is 11.6 Å². The van der Waals surface area contributed by atoms with Gasteiger partial charge >= 0.3 is 19.5 Å². The summed E-state index contributed by atoms with van der Waals surface area (Å²) in [6.07, 6.45) is -8.98. The van der Waals surface area contributed by atoms with Crippen LogP contribution in [0.2, 0.25) is 20.1 Å². The highest BCUT2D eigenvalue weighted by atomic mass is 127. The lowest BCUT2D eigenvalue weighted by Crippen LogP contribution is -2.29. The van der Waals surface area contributed by atoms with Crippen LogP contribution in [-0.2, 0) is 12.4 Å². The van der Waals surface area contributed by atoms with E-state index in [-0.39, 0.29) is 22.1 Å². The number of nitrogens with zero attached hydrogens (tertiary/aromatic N) is 2. The molecule has 18 heteroatoms. The fourth-order valence-corrected chi connectivity index (χ4v) is 4.93. The van der Waals surface area contributed by atoms with Gasteiger partial charge in [-0.25, -0.2) is 9.97 Å². The van der Waals surface area contributed by atoms with Gasteiger partial charge in [0.15, 0.2) is 0 Å². The average Bonchev–Trinajstić information content (AvgIpc) is 3.58. The van der Waals surface area contributed by atoms with E-state index in [4.69, 9.17) is 56.5 Å². The maximum absolute atomic E-state index is 12.7. The molecule has 0 aliphatic carbocycles. The van der Waals surface area contributed by atoms with Crippen LogP contribution in [0, 0.1) is 3.57 Å². The van der Waals surface area contributed by atoms with Crippen molar-refractivity contribution in [2.24, 2.45) is 0 Å². The third-order valence-electron chi connectivity index (χ3n) is 5.96. The standard InChI is InChI=1S/C14H7Cl2F3N2.C8H3ClF3IN2.C6H6BClO2/c15-8-3-1-7(2-4-8)9-5-11-12(6-10(9)16)21-13(20-11)14(17,18)19;9-3-1-5-6(2-4(3)13)15-7(14-5)8(10,11)12;8-6-3-1-5(2-4-6)7(9)10/h1-6H,(H,20,21);1-2H,(H,14,15);1-4,9-10H. The molecule has 6 aromatic rings. The molecule has 0 aliphatic heterocycles. The van der Waals surface area contributed by atoms with Gasteiger partial charge in [-0.1, -0.05) is 70.7 Å².